The number of halogens is 1. The molecule has 4 N–H and O–H groups in total. The Morgan fingerprint density at radius 1 is 0.789 bits per heavy atom. The molecule has 4 heterocycles. The summed E-state index contributed by atoms with van der Waals surface area (Å²) >= 11 is 1.19. The van der Waals surface area contributed by atoms with Gasteiger partial charge in [-0.25, -0.2) is 9.37 Å². The molecular weight excluding hydrogens is 1000 g/mol. The number of hydrogen-bond donors (Lipinski definition) is 4. The van der Waals surface area contributed by atoms with Gasteiger partial charge in [-0.05, 0) is 71.6 Å². The van der Waals surface area contributed by atoms with Crippen LogP contribution in [0.15, 0.2) is 90.4 Å². The summed E-state index contributed by atoms with van der Waals surface area (Å²) in [4.78, 5) is 101. The standard InChI is InChI=1S/C54H59FN8O12S/c1-56-49(67)44(6-3-22-64)63-52(70)40-4-2-5-43(47(40)53(63)71)57-16-24-73-26-28-75-30-29-74-27-25-72-23-15-46(66)61-20-18-60(19-21-61)39-12-9-35(10-13-39)36-7-8-37-34-62(51(69)41(37)32-36)48(42-33-38(55)11-14-45(42)65)50(68)59-54-58-17-31-76-54/h2,4-5,7-14,17,22,31-33,44,48,57,65H,3,6,15-16,18-21,23-30,34H2,1H3,(H,56,67)(H,58,59,68). The van der Waals surface area contributed by atoms with Crippen molar-refractivity contribution < 1.29 is 62.0 Å². The van der Waals surface area contributed by atoms with Crippen LogP contribution in [0.3, 0.4) is 0 Å². The van der Waals surface area contributed by atoms with E-state index in [0.717, 1.165) is 39.9 Å². The molecule has 0 saturated carbocycles. The average molecular weight is 1060 g/mol. The van der Waals surface area contributed by atoms with Crippen molar-refractivity contribution in [1.82, 2.24) is 25.0 Å². The van der Waals surface area contributed by atoms with Crippen molar-refractivity contribution in [3.05, 3.63) is 124 Å². The van der Waals surface area contributed by atoms with Crippen LogP contribution in [0.2, 0.25) is 0 Å². The van der Waals surface area contributed by atoms with E-state index >= 15 is 0 Å². The summed E-state index contributed by atoms with van der Waals surface area (Å²) < 4.78 is 36.9. The molecule has 0 radical (unpaired) electrons. The highest BCUT2D eigenvalue weighted by atomic mass is 32.1. The quantitative estimate of drug-likeness (QED) is 0.0311. The maximum absolute atomic E-state index is 14.4. The number of aromatic nitrogens is 1. The molecule has 1 aromatic heterocycles. The third-order valence-electron chi connectivity index (χ3n) is 13.1. The van der Waals surface area contributed by atoms with E-state index in [1.165, 1.54) is 35.5 Å². The molecule has 1 fully saturated rings. The molecule has 3 aliphatic heterocycles. The number of carbonyl (C=O) groups is 7. The SMILES string of the molecule is CNC(=O)C(CCC=O)N1C(=O)c2cccc(NCCOCCOCCOCCOCCC(=O)N3CCN(c4ccc(-c5ccc6c(c5)C(=O)N(C(C(=O)Nc5nccs5)c5cc(F)ccc5O)C6)cc4)CC3)c2C1=O. The summed E-state index contributed by atoms with van der Waals surface area (Å²) in [7, 11) is 1.41. The Hall–Kier alpha value is -7.63. The Bertz CT molecular complexity index is 2880. The van der Waals surface area contributed by atoms with E-state index in [4.69, 9.17) is 18.9 Å². The second-order valence-electron chi connectivity index (χ2n) is 17.9. The normalized spacial score (nSPS) is 14.9. The van der Waals surface area contributed by atoms with Crippen molar-refractivity contribution in [2.75, 3.05) is 108 Å². The van der Waals surface area contributed by atoms with Crippen molar-refractivity contribution >= 4 is 69.6 Å². The van der Waals surface area contributed by atoms with Crippen LogP contribution in [0.25, 0.3) is 11.1 Å². The van der Waals surface area contributed by atoms with Gasteiger partial charge in [-0.3, -0.25) is 39.0 Å². The van der Waals surface area contributed by atoms with E-state index in [1.807, 2.05) is 41.3 Å². The number of rotatable bonds is 27. The minimum Gasteiger partial charge on any atom is -0.508 e. The monoisotopic (exact) mass is 1060 g/mol. The van der Waals surface area contributed by atoms with Gasteiger partial charge in [-0.1, -0.05) is 30.3 Å². The van der Waals surface area contributed by atoms with Gasteiger partial charge in [-0.2, -0.15) is 0 Å². The lowest BCUT2D eigenvalue weighted by molar-refractivity contribution is -0.132. The Kier molecular flexibility index (Phi) is 18.9. The van der Waals surface area contributed by atoms with E-state index in [2.05, 4.69) is 25.8 Å². The zero-order valence-electron chi connectivity index (χ0n) is 41.9. The summed E-state index contributed by atoms with van der Waals surface area (Å²) in [5, 5.41) is 21.0. The number of fused-ring (bicyclic) bond motifs is 2. The van der Waals surface area contributed by atoms with Crippen molar-refractivity contribution in [1.29, 1.82) is 0 Å². The third-order valence-corrected chi connectivity index (χ3v) is 13.8. The van der Waals surface area contributed by atoms with E-state index in [-0.39, 0.29) is 60.8 Å². The van der Waals surface area contributed by atoms with Gasteiger partial charge in [-0.15, -0.1) is 11.3 Å². The number of imide groups is 1. The molecular formula is C54H59FN8O12S. The van der Waals surface area contributed by atoms with Crippen LogP contribution in [0.1, 0.15) is 67.5 Å². The van der Waals surface area contributed by atoms with Crippen molar-refractivity contribution in [2.45, 2.75) is 37.9 Å². The first-order chi connectivity index (χ1) is 37.0. The number of anilines is 3. The fraction of sp³-hybridized carbons (Fsp3) is 0.370. The highest BCUT2D eigenvalue weighted by Crippen LogP contribution is 2.38. The predicted molar refractivity (Wildman–Crippen MR) is 279 cm³/mol. The van der Waals surface area contributed by atoms with Gasteiger partial charge in [0.1, 0.15) is 29.9 Å². The van der Waals surface area contributed by atoms with E-state index in [9.17, 15) is 43.1 Å². The lowest BCUT2D eigenvalue weighted by atomic mass is 10.00. The number of hydrogen-bond acceptors (Lipinski definition) is 16. The molecule has 400 valence electrons. The predicted octanol–water partition coefficient (Wildman–Crippen LogP) is 4.90. The number of ether oxygens (including phenoxy) is 4. The van der Waals surface area contributed by atoms with E-state index < -0.39 is 47.4 Å². The van der Waals surface area contributed by atoms with Gasteiger partial charge in [0.2, 0.25) is 11.8 Å². The number of likely N-dealkylation sites (N-methyl/N-ethyl adjacent to an activating group) is 1. The molecule has 3 aliphatic rings. The Morgan fingerprint density at radius 2 is 1.49 bits per heavy atom. The van der Waals surface area contributed by atoms with Gasteiger partial charge >= 0.3 is 0 Å². The number of nitrogens with one attached hydrogen (secondary N) is 3. The molecule has 22 heteroatoms. The maximum atomic E-state index is 14.4. The average Bonchev–Trinajstić information content (AvgIpc) is 4.20. The topological polar surface area (TPSA) is 239 Å². The molecule has 0 aliphatic carbocycles. The van der Waals surface area contributed by atoms with Crippen molar-refractivity contribution in [3.63, 3.8) is 0 Å². The zero-order chi connectivity index (χ0) is 53.6. The lowest BCUT2D eigenvalue weighted by Gasteiger charge is -2.36. The van der Waals surface area contributed by atoms with E-state index in [0.29, 0.717) is 107 Å². The molecule has 0 bridgehead atoms. The number of benzene rings is 4. The van der Waals surface area contributed by atoms with Crippen LogP contribution >= 0.6 is 11.3 Å². The molecule has 2 unspecified atom stereocenters. The van der Waals surface area contributed by atoms with Crippen LogP contribution < -0.4 is 20.9 Å². The first-order valence-corrected chi connectivity index (χ1v) is 25.8. The molecule has 8 rings (SSSR count). The summed E-state index contributed by atoms with van der Waals surface area (Å²) in [5.74, 6) is -3.72. The highest BCUT2D eigenvalue weighted by molar-refractivity contribution is 7.13. The fourth-order valence-corrected chi connectivity index (χ4v) is 9.82. The molecule has 1 saturated heterocycles. The summed E-state index contributed by atoms with van der Waals surface area (Å²) in [6.07, 6.45) is 2.47. The number of carbonyl (C=O) groups excluding carboxylic acids is 7. The molecule has 5 aromatic rings. The van der Waals surface area contributed by atoms with Crippen LogP contribution in [0.4, 0.5) is 20.9 Å². The first-order valence-electron chi connectivity index (χ1n) is 24.9. The number of nitrogens with zero attached hydrogens (tertiary/aromatic N) is 5. The number of phenolic OH excluding ortho intramolecular Hbond substituents is 1. The largest absolute Gasteiger partial charge is 0.508 e. The molecule has 2 atom stereocenters. The van der Waals surface area contributed by atoms with Crippen LogP contribution in [0.5, 0.6) is 5.75 Å². The minimum atomic E-state index is -1.33. The summed E-state index contributed by atoms with van der Waals surface area (Å²) in [6, 6.07) is 19.3. The van der Waals surface area contributed by atoms with Gasteiger partial charge in [0, 0.05) is 86.8 Å². The molecule has 6 amide bonds. The fourth-order valence-electron chi connectivity index (χ4n) is 9.29. The molecule has 0 spiro atoms. The molecule has 4 aromatic carbocycles. The lowest BCUT2D eigenvalue weighted by Crippen LogP contribution is -2.49. The van der Waals surface area contributed by atoms with Crippen LogP contribution in [-0.4, -0.2) is 165 Å². The smallest absolute Gasteiger partial charge is 0.264 e. The van der Waals surface area contributed by atoms with Gasteiger partial charge in [0.15, 0.2) is 5.13 Å². The van der Waals surface area contributed by atoms with Gasteiger partial charge in [0.25, 0.3) is 23.6 Å². The Balaban J connectivity index is 0.677. The van der Waals surface area contributed by atoms with Crippen LogP contribution in [0, 0.1) is 5.82 Å². The molecule has 20 nitrogen and oxygen atoms in total. The Labute approximate surface area is 442 Å². The second kappa shape index (κ2) is 26.2. The van der Waals surface area contributed by atoms with Crippen molar-refractivity contribution in [2.24, 2.45) is 0 Å². The maximum Gasteiger partial charge on any atom is 0.264 e. The number of amides is 6. The minimum absolute atomic E-state index is 0.0206. The molecule has 76 heavy (non-hydrogen) atoms. The Morgan fingerprint density at radius 3 is 2.17 bits per heavy atom. The number of aldehydes is 1. The summed E-state index contributed by atoms with van der Waals surface area (Å²) in [6.45, 7) is 5.50. The second-order valence-corrected chi connectivity index (χ2v) is 18.8. The number of phenols is 1. The van der Waals surface area contributed by atoms with Gasteiger partial charge < -0.3 is 54.2 Å². The number of aromatic hydroxyl groups is 1. The first kappa shape index (κ1) is 54.6. The van der Waals surface area contributed by atoms with Crippen molar-refractivity contribution in [3.8, 4) is 16.9 Å². The third kappa shape index (κ3) is 13.1. The summed E-state index contributed by atoms with van der Waals surface area (Å²) in [5.41, 5.74) is 4.55. The van der Waals surface area contributed by atoms with E-state index in [1.54, 1.807) is 23.6 Å². The highest BCUT2D eigenvalue weighted by Gasteiger charge is 2.44. The van der Waals surface area contributed by atoms with Crippen LogP contribution in [-0.2, 0) is 44.7 Å². The number of piperazine rings is 1. The van der Waals surface area contributed by atoms with Gasteiger partial charge in [0.05, 0.1) is 70.4 Å². The zero-order valence-corrected chi connectivity index (χ0v) is 42.7. The number of thiazole rings is 1.